The van der Waals surface area contributed by atoms with Crippen LogP contribution in [0.5, 0.6) is 0 Å². The Morgan fingerprint density at radius 3 is 1.89 bits per heavy atom. The zero-order valence-electron chi connectivity index (χ0n) is 18.7. The Bertz CT molecular complexity index is 1990. The smallest absolute Gasteiger partial charge is 0.0334 e. The van der Waals surface area contributed by atoms with Crippen molar-refractivity contribution < 1.29 is 8.76 Å². The summed E-state index contributed by atoms with van der Waals surface area (Å²) in [5.74, 6) is 0. The summed E-state index contributed by atoms with van der Waals surface area (Å²) in [5, 5.41) is 10.7. The van der Waals surface area contributed by atoms with Crippen LogP contribution in [0.3, 0.4) is 0 Å². The molecule has 0 bridgehead atoms. The van der Waals surface area contributed by atoms with Crippen LogP contribution in [-0.2, 0) is 11.1 Å². The van der Waals surface area contributed by atoms with E-state index < -0.39 is 11.1 Å². The quantitative estimate of drug-likeness (QED) is 0.189. The van der Waals surface area contributed by atoms with E-state index in [1.54, 1.807) is 6.07 Å². The molecule has 0 aliphatic carbocycles. The fourth-order valence-electron chi connectivity index (χ4n) is 5.56. The van der Waals surface area contributed by atoms with Gasteiger partial charge in [0.2, 0.25) is 0 Å². The van der Waals surface area contributed by atoms with Crippen molar-refractivity contribution in [2.24, 2.45) is 0 Å². The van der Waals surface area contributed by atoms with Crippen molar-refractivity contribution >= 4 is 64.9 Å². The van der Waals surface area contributed by atoms with E-state index in [-0.39, 0.29) is 0 Å². The molecule has 7 rings (SSSR count). The number of rotatable bonds is 2. The van der Waals surface area contributed by atoms with Gasteiger partial charge in [-0.25, -0.2) is 0 Å². The van der Waals surface area contributed by atoms with Gasteiger partial charge >= 0.3 is 0 Å². The first-order chi connectivity index (χ1) is 17.2. The second-order valence-corrected chi connectivity index (χ2v) is 9.82. The minimum absolute atomic E-state index is 0.329. The molecule has 7 aromatic carbocycles. The van der Waals surface area contributed by atoms with Crippen molar-refractivity contribution in [2.75, 3.05) is 0 Å². The van der Waals surface area contributed by atoms with Gasteiger partial charge in [0.05, 0.1) is 0 Å². The van der Waals surface area contributed by atoms with Gasteiger partial charge in [0, 0.05) is 10.3 Å². The molecule has 35 heavy (non-hydrogen) atoms. The van der Waals surface area contributed by atoms with Crippen LogP contribution < -0.4 is 0 Å². The summed E-state index contributed by atoms with van der Waals surface area (Å²) >= 11 is -2.37. The van der Waals surface area contributed by atoms with Gasteiger partial charge in [0.25, 0.3) is 0 Å². The van der Waals surface area contributed by atoms with Gasteiger partial charge in [0.15, 0.2) is 0 Å². The van der Waals surface area contributed by atoms with Crippen molar-refractivity contribution in [3.63, 3.8) is 0 Å². The molecule has 0 aliphatic heterocycles. The van der Waals surface area contributed by atoms with Crippen LogP contribution in [0.1, 0.15) is 0 Å². The second-order valence-electron chi connectivity index (χ2n) is 8.91. The van der Waals surface area contributed by atoms with Crippen LogP contribution in [0.4, 0.5) is 0 Å². The standard InChI is InChI=1S/C32H20O2S/c33-35(34)29-18-17-25(23-14-13-20-7-1-2-9-22(20)19-23)31-28-16-15-21-8-3-4-10-24(21)30(28)26-11-5-6-12-27(26)32(29)31/h1-19H,(H,33,34)/p-1. The van der Waals surface area contributed by atoms with Gasteiger partial charge in [-0.3, -0.25) is 4.21 Å². The fraction of sp³-hybridized carbons (Fsp3) is 0. The van der Waals surface area contributed by atoms with Crippen LogP contribution in [-0.4, -0.2) is 8.76 Å². The molecule has 1 atom stereocenters. The maximum absolute atomic E-state index is 12.4. The van der Waals surface area contributed by atoms with Crippen molar-refractivity contribution in [1.82, 2.24) is 0 Å². The van der Waals surface area contributed by atoms with E-state index in [9.17, 15) is 8.76 Å². The van der Waals surface area contributed by atoms with E-state index >= 15 is 0 Å². The van der Waals surface area contributed by atoms with Crippen LogP contribution in [0.25, 0.3) is 65.0 Å². The van der Waals surface area contributed by atoms with Crippen LogP contribution in [0.15, 0.2) is 120 Å². The van der Waals surface area contributed by atoms with E-state index in [4.69, 9.17) is 0 Å². The van der Waals surface area contributed by atoms with Gasteiger partial charge in [-0.2, -0.15) is 0 Å². The first-order valence-corrected chi connectivity index (χ1v) is 12.7. The zero-order chi connectivity index (χ0) is 23.5. The highest BCUT2D eigenvalue weighted by Crippen LogP contribution is 2.44. The third-order valence-corrected chi connectivity index (χ3v) is 7.77. The maximum Gasteiger partial charge on any atom is 0.0334 e. The van der Waals surface area contributed by atoms with Gasteiger partial charge in [-0.15, -0.1) is 0 Å². The lowest BCUT2D eigenvalue weighted by atomic mass is 9.87. The highest BCUT2D eigenvalue weighted by Gasteiger charge is 2.18. The molecule has 0 spiro atoms. The maximum atomic E-state index is 12.4. The minimum atomic E-state index is -2.37. The average Bonchev–Trinajstić information content (AvgIpc) is 2.91. The lowest BCUT2D eigenvalue weighted by Crippen LogP contribution is -1.95. The van der Waals surface area contributed by atoms with Crippen molar-refractivity contribution in [3.8, 4) is 11.1 Å². The normalized spacial score (nSPS) is 12.7. The third-order valence-electron chi connectivity index (χ3n) is 7.07. The summed E-state index contributed by atoms with van der Waals surface area (Å²) < 4.78 is 24.9. The van der Waals surface area contributed by atoms with Crippen LogP contribution in [0, 0.1) is 0 Å². The number of fused-ring (bicyclic) bond motifs is 9. The van der Waals surface area contributed by atoms with E-state index in [0.717, 1.165) is 48.8 Å². The van der Waals surface area contributed by atoms with Gasteiger partial charge < -0.3 is 4.55 Å². The van der Waals surface area contributed by atoms with Crippen LogP contribution in [0.2, 0.25) is 0 Å². The molecule has 0 fully saturated rings. The molecule has 0 aliphatic rings. The second kappa shape index (κ2) is 7.74. The third kappa shape index (κ3) is 3.02. The molecule has 3 heteroatoms. The lowest BCUT2D eigenvalue weighted by molar-refractivity contribution is 0.538. The van der Waals surface area contributed by atoms with E-state index in [2.05, 4.69) is 72.8 Å². The topological polar surface area (TPSA) is 40.1 Å². The Labute approximate surface area is 204 Å². The highest BCUT2D eigenvalue weighted by atomic mass is 32.2. The molecule has 1 unspecified atom stereocenters. The molecule has 0 aromatic heterocycles. The van der Waals surface area contributed by atoms with Crippen molar-refractivity contribution in [2.45, 2.75) is 4.90 Å². The predicted octanol–water partition coefficient (Wildman–Crippen LogP) is 8.36. The predicted molar refractivity (Wildman–Crippen MR) is 147 cm³/mol. The molecule has 0 N–H and O–H groups in total. The molecule has 0 saturated heterocycles. The molecule has 0 radical (unpaired) electrons. The molecule has 7 aromatic rings. The summed E-state index contributed by atoms with van der Waals surface area (Å²) in [6.07, 6.45) is 0. The minimum Gasteiger partial charge on any atom is -0.768 e. The number of hydrogen-bond donors (Lipinski definition) is 0. The lowest BCUT2D eigenvalue weighted by Gasteiger charge is -2.19. The first kappa shape index (κ1) is 20.3. The summed E-state index contributed by atoms with van der Waals surface area (Å²) in [6, 6.07) is 39.3. The fourth-order valence-corrected chi connectivity index (χ4v) is 6.11. The molecule has 0 saturated carbocycles. The zero-order valence-corrected chi connectivity index (χ0v) is 19.5. The Morgan fingerprint density at radius 1 is 0.486 bits per heavy atom. The number of benzene rings is 7. The summed E-state index contributed by atoms with van der Waals surface area (Å²) in [5.41, 5.74) is 2.10. The van der Waals surface area contributed by atoms with Crippen LogP contribution >= 0.6 is 0 Å². The summed E-state index contributed by atoms with van der Waals surface area (Å²) in [6.45, 7) is 0. The molecule has 0 amide bonds. The Balaban J connectivity index is 1.76. The molecule has 2 nitrogen and oxygen atoms in total. The molecular weight excluding hydrogens is 448 g/mol. The monoisotopic (exact) mass is 467 g/mol. The Morgan fingerprint density at radius 2 is 1.11 bits per heavy atom. The average molecular weight is 468 g/mol. The van der Waals surface area contributed by atoms with E-state index in [1.165, 1.54) is 16.2 Å². The summed E-state index contributed by atoms with van der Waals surface area (Å²) in [7, 11) is 0. The van der Waals surface area contributed by atoms with Gasteiger partial charge in [-0.05, 0) is 82.8 Å². The van der Waals surface area contributed by atoms with E-state index in [0.29, 0.717) is 4.90 Å². The molecule has 0 heterocycles. The SMILES string of the molecule is O=S([O-])c1ccc(-c2ccc3ccccc3c2)c2c3ccc4ccccc4c3c3ccccc3c12. The van der Waals surface area contributed by atoms with E-state index in [1.807, 2.05) is 36.4 Å². The molecule has 166 valence electrons. The van der Waals surface area contributed by atoms with Gasteiger partial charge in [-0.1, -0.05) is 103 Å². The Hall–Kier alpha value is -4.05. The highest BCUT2D eigenvalue weighted by molar-refractivity contribution is 7.79. The molecular formula is C32H19O2S-. The largest absolute Gasteiger partial charge is 0.768 e. The Kier molecular flexibility index (Phi) is 4.50. The number of hydrogen-bond acceptors (Lipinski definition) is 2. The van der Waals surface area contributed by atoms with Gasteiger partial charge in [0.1, 0.15) is 0 Å². The first-order valence-electron chi connectivity index (χ1n) is 11.6. The van der Waals surface area contributed by atoms with Crippen molar-refractivity contribution in [3.05, 3.63) is 115 Å². The summed E-state index contributed by atoms with van der Waals surface area (Å²) in [4.78, 5) is 0.329. The van der Waals surface area contributed by atoms with Crippen molar-refractivity contribution in [1.29, 1.82) is 0 Å².